The van der Waals surface area contributed by atoms with E-state index in [2.05, 4.69) is 206 Å². The second-order valence-electron chi connectivity index (χ2n) is 16.4. The maximum atomic E-state index is 7.22. The number of nitrogens with zero attached hydrogens (tertiary/aromatic N) is 2. The summed E-state index contributed by atoms with van der Waals surface area (Å²) in [5.41, 5.74) is 7.08. The van der Waals surface area contributed by atoms with E-state index >= 15 is 0 Å². The summed E-state index contributed by atoms with van der Waals surface area (Å²) in [4.78, 5) is 10.6. The molecular formula is C56H35N2PSSi. The first-order valence-corrected chi connectivity index (χ1v) is 25.4. The second-order valence-corrected chi connectivity index (χ2v) is 23.4. The van der Waals surface area contributed by atoms with Crippen LogP contribution in [0.5, 0.6) is 0 Å². The predicted octanol–water partition coefficient (Wildman–Crippen LogP) is 11.3. The summed E-state index contributed by atoms with van der Waals surface area (Å²) in [6.45, 7) is 0. The van der Waals surface area contributed by atoms with Gasteiger partial charge in [-0.2, -0.15) is 0 Å². The lowest BCUT2D eigenvalue weighted by molar-refractivity contribution is 1.35. The van der Waals surface area contributed by atoms with Gasteiger partial charge in [0.1, 0.15) is 0 Å². The number of para-hydroxylation sites is 1. The molecule has 0 spiro atoms. The molecular weight excluding hydrogens is 792 g/mol. The molecule has 11 aromatic rings. The van der Waals surface area contributed by atoms with Crippen molar-refractivity contribution < 1.29 is 0 Å². The Morgan fingerprint density at radius 2 is 1.07 bits per heavy atom. The topological polar surface area (TPSA) is 25.2 Å². The Hall–Kier alpha value is -6.81. The van der Waals surface area contributed by atoms with Crippen LogP contribution in [0.1, 0.15) is 5.56 Å². The van der Waals surface area contributed by atoms with Crippen molar-refractivity contribution in [3.05, 3.63) is 212 Å². The number of hydrogen-bond acceptors (Lipinski definition) is 3. The zero-order chi connectivity index (χ0) is 40.2. The molecule has 2 nitrogen and oxygen atoms in total. The highest BCUT2D eigenvalue weighted by Crippen LogP contribution is 2.47. The number of benzene rings is 10. The molecule has 0 N–H and O–H groups in total. The van der Waals surface area contributed by atoms with Crippen LogP contribution in [0.25, 0.3) is 76.2 Å². The average Bonchev–Trinajstić information content (AvgIpc) is 3.73. The van der Waals surface area contributed by atoms with Crippen molar-refractivity contribution in [1.82, 2.24) is 4.98 Å². The van der Waals surface area contributed by atoms with Crippen LogP contribution in [-0.2, 0) is 11.8 Å². The van der Waals surface area contributed by atoms with Gasteiger partial charge in [-0.3, -0.25) is 9.98 Å². The van der Waals surface area contributed by atoms with Gasteiger partial charge in [-0.05, 0) is 123 Å². The summed E-state index contributed by atoms with van der Waals surface area (Å²) < 4.78 is 0. The molecule has 0 saturated heterocycles. The van der Waals surface area contributed by atoms with E-state index in [1.54, 1.807) is 0 Å². The van der Waals surface area contributed by atoms with Crippen LogP contribution < -0.4 is 26.3 Å². The molecule has 0 fully saturated rings. The first-order valence-electron chi connectivity index (χ1n) is 20.9. The fourth-order valence-corrected chi connectivity index (χ4v) is 17.9. The summed E-state index contributed by atoms with van der Waals surface area (Å²) >= 11 is 7.22. The number of pyridine rings is 1. The molecule has 0 bridgehead atoms. The van der Waals surface area contributed by atoms with Crippen molar-refractivity contribution in [2.75, 3.05) is 0 Å². The number of aliphatic imine (C=N–C) groups is 1. The molecule has 1 aromatic heterocycles. The number of fused-ring (bicyclic) bond motifs is 16. The molecule has 0 aliphatic carbocycles. The lowest BCUT2D eigenvalue weighted by Crippen LogP contribution is -2.50. The molecule has 2 unspecified atom stereocenters. The monoisotopic (exact) mass is 826 g/mol. The van der Waals surface area contributed by atoms with Crippen LogP contribution in [0.4, 0.5) is 5.69 Å². The van der Waals surface area contributed by atoms with Gasteiger partial charge in [0, 0.05) is 33.7 Å². The smallest absolute Gasteiger partial charge is 0.161 e. The Morgan fingerprint density at radius 3 is 1.90 bits per heavy atom. The standard InChI is InChI=1S/C56H35N2PSSi/c60-59(40-26-23-36-22-21-35-11-1-3-13-42(35)50(36)33-40,53-32-37-12-2-4-14-43(37)45-15-5-7-17-47(45)53)41-27-30-51(57-34-41)39-25-28-44-38(31-39)24-29-48-46-16-6-8-18-49(46)56-58-52-19-9-10-20-54(52)61(56)55(44)48/h1-34,61H. The van der Waals surface area contributed by atoms with Gasteiger partial charge in [0.15, 0.2) is 8.80 Å². The molecule has 2 aliphatic heterocycles. The van der Waals surface area contributed by atoms with Crippen molar-refractivity contribution in [3.63, 3.8) is 0 Å². The lowest BCUT2D eigenvalue weighted by atomic mass is 9.95. The van der Waals surface area contributed by atoms with E-state index < -0.39 is 14.8 Å². The van der Waals surface area contributed by atoms with Gasteiger partial charge < -0.3 is 0 Å². The van der Waals surface area contributed by atoms with Gasteiger partial charge in [0.05, 0.1) is 11.4 Å². The van der Waals surface area contributed by atoms with Crippen LogP contribution in [0.2, 0.25) is 0 Å². The normalized spacial score (nSPS) is 15.0. The molecule has 2 aliphatic rings. The largest absolute Gasteiger partial charge is 0.257 e. The molecule has 61 heavy (non-hydrogen) atoms. The highest BCUT2D eigenvalue weighted by atomic mass is 32.4. The zero-order valence-electron chi connectivity index (χ0n) is 33.0. The lowest BCUT2D eigenvalue weighted by Gasteiger charge is -2.27. The molecule has 5 heteroatoms. The molecule has 0 amide bonds. The summed E-state index contributed by atoms with van der Waals surface area (Å²) in [7, 11) is -1.78. The highest BCUT2D eigenvalue weighted by molar-refractivity contribution is 8.25. The number of rotatable bonds is 4. The van der Waals surface area contributed by atoms with Gasteiger partial charge in [-0.15, -0.1) is 0 Å². The number of aromatic nitrogens is 1. The maximum Gasteiger partial charge on any atom is 0.161 e. The molecule has 2 atom stereocenters. The first kappa shape index (κ1) is 35.0. The molecule has 13 rings (SSSR count). The predicted molar refractivity (Wildman–Crippen MR) is 268 cm³/mol. The van der Waals surface area contributed by atoms with Crippen LogP contribution >= 0.6 is 6.04 Å². The van der Waals surface area contributed by atoms with Crippen molar-refractivity contribution in [2.24, 2.45) is 4.99 Å². The third kappa shape index (κ3) is 5.17. The molecule has 284 valence electrons. The van der Waals surface area contributed by atoms with E-state index in [0.717, 1.165) is 22.2 Å². The Morgan fingerprint density at radius 1 is 0.426 bits per heavy atom. The van der Waals surface area contributed by atoms with Crippen LogP contribution in [0.15, 0.2) is 211 Å². The van der Waals surface area contributed by atoms with Crippen LogP contribution in [0, 0.1) is 0 Å². The molecule has 0 saturated carbocycles. The Kier molecular flexibility index (Phi) is 7.65. The molecule has 3 heterocycles. The van der Waals surface area contributed by atoms with Gasteiger partial charge in [0.2, 0.25) is 0 Å². The molecule has 10 aromatic carbocycles. The Labute approximate surface area is 360 Å². The van der Waals surface area contributed by atoms with E-state index in [-0.39, 0.29) is 0 Å². The fourth-order valence-electron chi connectivity index (χ4n) is 10.3. The molecule has 0 radical (unpaired) electrons. The van der Waals surface area contributed by atoms with E-state index in [1.807, 2.05) is 0 Å². The third-order valence-corrected chi connectivity index (χ3v) is 21.4. The van der Waals surface area contributed by atoms with E-state index in [4.69, 9.17) is 21.8 Å². The summed E-state index contributed by atoms with van der Waals surface area (Å²) in [6.07, 6.45) is 2.08. The highest BCUT2D eigenvalue weighted by Gasteiger charge is 2.39. The van der Waals surface area contributed by atoms with Crippen LogP contribution in [-0.4, -0.2) is 19.1 Å². The quantitative estimate of drug-likeness (QED) is 0.100. The Bertz CT molecular complexity index is 3760. The summed E-state index contributed by atoms with van der Waals surface area (Å²) in [6, 6.07) is 70.8. The van der Waals surface area contributed by atoms with Crippen LogP contribution in [0.3, 0.4) is 0 Å². The second kappa shape index (κ2) is 13.3. The maximum absolute atomic E-state index is 7.22. The van der Waals surface area contributed by atoms with E-state index in [1.165, 1.54) is 96.9 Å². The third-order valence-electron chi connectivity index (χ3n) is 13.2. The minimum atomic E-state index is -2.67. The average molecular weight is 827 g/mol. The zero-order valence-corrected chi connectivity index (χ0v) is 35.8. The van der Waals surface area contributed by atoms with Gasteiger partial charge in [-0.1, -0.05) is 176 Å². The summed E-state index contributed by atoms with van der Waals surface area (Å²) in [5, 5.41) is 19.9. The van der Waals surface area contributed by atoms with Gasteiger partial charge in [-0.25, -0.2) is 0 Å². The van der Waals surface area contributed by atoms with Gasteiger partial charge in [0.25, 0.3) is 0 Å². The van der Waals surface area contributed by atoms with Crippen molar-refractivity contribution in [3.8, 4) is 22.4 Å². The van der Waals surface area contributed by atoms with E-state index in [9.17, 15) is 0 Å². The van der Waals surface area contributed by atoms with Crippen molar-refractivity contribution in [1.29, 1.82) is 0 Å². The number of hydrogen-bond donors (Lipinski definition) is 0. The SMILES string of the molecule is S=P(c1ccc(-c2ccc3c4c(ccc3c2)-c2ccccc2C2=Nc3ccccc3[SiH]24)nc1)(c1ccc2ccc3ccccc3c2c1)c1cc2ccccc2c2ccccc12. The van der Waals surface area contributed by atoms with Crippen molar-refractivity contribution >= 4 is 118 Å². The van der Waals surface area contributed by atoms with Crippen molar-refractivity contribution in [2.45, 2.75) is 0 Å². The summed E-state index contributed by atoms with van der Waals surface area (Å²) in [5.74, 6) is 0. The van der Waals surface area contributed by atoms with Gasteiger partial charge >= 0.3 is 0 Å². The minimum absolute atomic E-state index is 0.939. The Balaban J connectivity index is 0.980. The minimum Gasteiger partial charge on any atom is -0.257 e. The van der Waals surface area contributed by atoms with E-state index in [0.29, 0.717) is 0 Å². The first-order chi connectivity index (χ1) is 30.1. The fraction of sp³-hybridized carbons (Fsp3) is 0.